The van der Waals surface area contributed by atoms with Gasteiger partial charge in [-0.05, 0) is 24.8 Å². The second-order valence-corrected chi connectivity index (χ2v) is 7.58. The summed E-state index contributed by atoms with van der Waals surface area (Å²) in [5.41, 5.74) is 0.569. The van der Waals surface area contributed by atoms with E-state index in [1.165, 1.54) is 0 Å². The van der Waals surface area contributed by atoms with Crippen molar-refractivity contribution in [2.75, 3.05) is 6.54 Å². The van der Waals surface area contributed by atoms with Crippen molar-refractivity contribution < 1.29 is 14.1 Å². The summed E-state index contributed by atoms with van der Waals surface area (Å²) in [4.78, 5) is 31.7. The maximum Gasteiger partial charge on any atom is 0.236 e. The molecule has 28 heavy (non-hydrogen) atoms. The lowest BCUT2D eigenvalue weighted by molar-refractivity contribution is -0.145. The smallest absolute Gasteiger partial charge is 0.236 e. The van der Waals surface area contributed by atoms with Gasteiger partial charge in [0.1, 0.15) is 11.5 Å². The third-order valence-corrected chi connectivity index (χ3v) is 5.97. The third-order valence-electron chi connectivity index (χ3n) is 5.97. The number of benzene rings is 1. The molecule has 2 heterocycles. The highest BCUT2D eigenvalue weighted by Crippen LogP contribution is 2.49. The third kappa shape index (κ3) is 2.66. The molecule has 6 heteroatoms. The van der Waals surface area contributed by atoms with Gasteiger partial charge in [0, 0.05) is 18.5 Å². The van der Waals surface area contributed by atoms with E-state index in [2.05, 4.69) is 10.0 Å². The molecule has 1 aliphatic carbocycles. The van der Waals surface area contributed by atoms with Crippen LogP contribution in [-0.4, -0.2) is 28.3 Å². The van der Waals surface area contributed by atoms with Crippen LogP contribution in [0.1, 0.15) is 30.4 Å². The van der Waals surface area contributed by atoms with E-state index in [4.69, 9.17) is 11.1 Å². The number of hydrogen-bond acceptors (Lipinski definition) is 4. The van der Waals surface area contributed by atoms with Crippen molar-refractivity contribution in [1.82, 2.24) is 10.1 Å². The second-order valence-electron chi connectivity index (χ2n) is 7.58. The van der Waals surface area contributed by atoms with Crippen molar-refractivity contribution in [3.8, 4) is 0 Å². The Labute approximate surface area is 163 Å². The Bertz CT molecular complexity index is 1000. The van der Waals surface area contributed by atoms with Crippen LogP contribution in [0.4, 0.5) is 0 Å². The molecular formula is C22H21N3O3. The summed E-state index contributed by atoms with van der Waals surface area (Å²) in [6, 6.07) is 11.3. The first-order chi connectivity index (χ1) is 13.5. The number of fused-ring (bicyclic) bond motifs is 1. The van der Waals surface area contributed by atoms with Crippen LogP contribution in [0.5, 0.6) is 0 Å². The van der Waals surface area contributed by atoms with Crippen molar-refractivity contribution in [3.63, 3.8) is 0 Å². The monoisotopic (exact) mass is 375 g/mol. The zero-order chi connectivity index (χ0) is 19.9. The number of aryl methyl sites for hydroxylation is 1. The van der Waals surface area contributed by atoms with Crippen LogP contribution >= 0.6 is 0 Å². The van der Waals surface area contributed by atoms with Gasteiger partial charge in [0.25, 0.3) is 0 Å². The molecule has 1 saturated heterocycles. The summed E-state index contributed by atoms with van der Waals surface area (Å²) in [6.07, 6.45) is 2.30. The molecule has 2 aliphatic rings. The molecule has 0 saturated carbocycles. The number of allylic oxidation sites excluding steroid dienone is 1. The largest absolute Gasteiger partial charge is 0.361 e. The SMILES string of the molecule is [C-]#[N+]C1=C[C@@]2(c3ccccc3)C(=O)N(Cc3cc(C)on3)CC[C@@H]2[C@@H](C)C1=O. The summed E-state index contributed by atoms with van der Waals surface area (Å²) < 4.78 is 5.14. The lowest BCUT2D eigenvalue weighted by atomic mass is 9.58. The molecule has 4 rings (SSSR count). The number of likely N-dealkylation sites (tertiary alicyclic amines) is 1. The Balaban J connectivity index is 1.84. The van der Waals surface area contributed by atoms with Gasteiger partial charge >= 0.3 is 0 Å². The molecule has 0 bridgehead atoms. The average Bonchev–Trinajstić information content (AvgIpc) is 3.12. The molecule has 1 amide bonds. The van der Waals surface area contributed by atoms with Crippen molar-refractivity contribution >= 4 is 11.7 Å². The maximum absolute atomic E-state index is 13.8. The van der Waals surface area contributed by atoms with E-state index in [0.29, 0.717) is 31.0 Å². The van der Waals surface area contributed by atoms with E-state index in [1.54, 1.807) is 11.0 Å². The van der Waals surface area contributed by atoms with Gasteiger partial charge in [0.2, 0.25) is 11.6 Å². The van der Waals surface area contributed by atoms with Gasteiger partial charge in [-0.25, -0.2) is 4.85 Å². The van der Waals surface area contributed by atoms with Crippen molar-refractivity contribution in [2.24, 2.45) is 11.8 Å². The second kappa shape index (κ2) is 6.75. The molecule has 1 aromatic carbocycles. The normalized spacial score (nSPS) is 27.2. The number of carbonyl (C=O) groups is 2. The van der Waals surface area contributed by atoms with Crippen molar-refractivity contribution in [2.45, 2.75) is 32.2 Å². The molecule has 142 valence electrons. The van der Waals surface area contributed by atoms with E-state index >= 15 is 0 Å². The maximum atomic E-state index is 13.8. The fraction of sp³-hybridized carbons (Fsp3) is 0.364. The van der Waals surface area contributed by atoms with Crippen LogP contribution in [0.3, 0.4) is 0 Å². The molecule has 1 aliphatic heterocycles. The number of nitrogens with zero attached hydrogens (tertiary/aromatic N) is 3. The van der Waals surface area contributed by atoms with E-state index in [9.17, 15) is 9.59 Å². The summed E-state index contributed by atoms with van der Waals surface area (Å²) in [7, 11) is 0. The van der Waals surface area contributed by atoms with Crippen LogP contribution in [0.2, 0.25) is 0 Å². The van der Waals surface area contributed by atoms with Gasteiger partial charge < -0.3 is 14.2 Å². The fourth-order valence-electron chi connectivity index (χ4n) is 4.62. The predicted molar refractivity (Wildman–Crippen MR) is 102 cm³/mol. The molecule has 1 fully saturated rings. The summed E-state index contributed by atoms with van der Waals surface area (Å²) >= 11 is 0. The number of Topliss-reactive ketones (excluding diaryl/α,β-unsaturated/α-hetero) is 1. The highest BCUT2D eigenvalue weighted by molar-refractivity contribution is 6.04. The van der Waals surface area contributed by atoms with Crippen LogP contribution in [0.25, 0.3) is 4.85 Å². The summed E-state index contributed by atoms with van der Waals surface area (Å²) in [5.74, 6) is -0.108. The molecule has 1 aromatic heterocycles. The first-order valence-corrected chi connectivity index (χ1v) is 9.39. The van der Waals surface area contributed by atoms with Gasteiger partial charge in [-0.1, -0.05) is 48.5 Å². The Kier molecular flexibility index (Phi) is 4.38. The molecular weight excluding hydrogens is 354 g/mol. The number of hydrogen-bond donors (Lipinski definition) is 0. The van der Waals surface area contributed by atoms with E-state index in [0.717, 1.165) is 5.56 Å². The minimum Gasteiger partial charge on any atom is -0.361 e. The van der Waals surface area contributed by atoms with Crippen LogP contribution in [0, 0.1) is 25.3 Å². The van der Waals surface area contributed by atoms with Gasteiger partial charge in [-0.2, -0.15) is 0 Å². The summed E-state index contributed by atoms with van der Waals surface area (Å²) in [5, 5.41) is 4.02. The van der Waals surface area contributed by atoms with Crippen molar-refractivity contribution in [3.05, 3.63) is 76.6 Å². The van der Waals surface area contributed by atoms with Gasteiger partial charge in [0.05, 0.1) is 18.5 Å². The quantitative estimate of drug-likeness (QED) is 0.772. The molecule has 0 N–H and O–H groups in total. The number of piperidine rings is 1. The van der Waals surface area contributed by atoms with Crippen LogP contribution < -0.4 is 0 Å². The summed E-state index contributed by atoms with van der Waals surface area (Å²) in [6.45, 7) is 12.0. The van der Waals surface area contributed by atoms with Gasteiger partial charge in [-0.15, -0.1) is 0 Å². The van der Waals surface area contributed by atoms with E-state index < -0.39 is 5.41 Å². The lowest BCUT2D eigenvalue weighted by Gasteiger charge is -2.50. The number of rotatable bonds is 3. The molecule has 6 nitrogen and oxygen atoms in total. The molecule has 0 spiro atoms. The Morgan fingerprint density at radius 3 is 2.71 bits per heavy atom. The number of ketones is 1. The minimum atomic E-state index is -1.01. The fourth-order valence-corrected chi connectivity index (χ4v) is 4.62. The predicted octanol–water partition coefficient (Wildman–Crippen LogP) is 3.29. The standard InChI is InChI=1S/C22H21N3O3/c1-14-11-17(24-28-14)13-25-10-9-18-15(2)20(26)19(23-3)12-22(18,21(25)27)16-7-5-4-6-8-16/h4-8,11-12,15,18H,9-10,13H2,1-2H3/t15-,18-,22+/m1/s1. The average molecular weight is 375 g/mol. The zero-order valence-electron chi connectivity index (χ0n) is 15.9. The van der Waals surface area contributed by atoms with Gasteiger partial charge in [-0.3, -0.25) is 4.79 Å². The Morgan fingerprint density at radius 1 is 1.32 bits per heavy atom. The topological polar surface area (TPSA) is 67.8 Å². The minimum absolute atomic E-state index is 0.0556. The molecule has 2 aromatic rings. The van der Waals surface area contributed by atoms with E-state index in [1.807, 2.05) is 50.2 Å². The lowest BCUT2D eigenvalue weighted by Crippen LogP contribution is -2.59. The zero-order valence-corrected chi connectivity index (χ0v) is 15.9. The van der Waals surface area contributed by atoms with Gasteiger partial charge in [0.15, 0.2) is 5.78 Å². The number of aromatic nitrogens is 1. The Morgan fingerprint density at radius 2 is 2.07 bits per heavy atom. The molecule has 0 unspecified atom stereocenters. The van der Waals surface area contributed by atoms with Crippen LogP contribution in [-0.2, 0) is 21.5 Å². The highest BCUT2D eigenvalue weighted by atomic mass is 16.5. The molecule has 3 atom stereocenters. The van der Waals surface area contributed by atoms with Crippen LogP contribution in [0.15, 0.2) is 52.7 Å². The van der Waals surface area contributed by atoms with Crippen molar-refractivity contribution in [1.29, 1.82) is 0 Å². The first kappa shape index (κ1) is 18.2. The molecule has 0 radical (unpaired) electrons. The Hall–Kier alpha value is -3.20. The number of amides is 1. The van der Waals surface area contributed by atoms with E-state index in [-0.39, 0.29) is 29.2 Å². The number of carbonyl (C=O) groups excluding carboxylic acids is 2. The first-order valence-electron chi connectivity index (χ1n) is 9.39. The highest BCUT2D eigenvalue weighted by Gasteiger charge is 2.56.